The van der Waals surface area contributed by atoms with Crippen molar-refractivity contribution in [2.24, 2.45) is 0 Å². The fraction of sp³-hybridized carbons (Fsp3) is 0.429. The second-order valence-electron chi connectivity index (χ2n) is 5.02. The summed E-state index contributed by atoms with van der Waals surface area (Å²) < 4.78 is 31.5. The van der Waals surface area contributed by atoms with Crippen LogP contribution in [0.1, 0.15) is 53.9 Å². The van der Waals surface area contributed by atoms with Crippen LogP contribution in [0.3, 0.4) is 0 Å². The van der Waals surface area contributed by atoms with E-state index in [2.05, 4.69) is 58.7 Å². The Morgan fingerprint density at radius 2 is 1.25 bits per heavy atom. The topological polar surface area (TPSA) is 9.23 Å². The SMILES string of the molecule is C=C(/C=C\C(=C)C(=C)/C(F)=C(/F)C(=C)OC)CC.CCC.CCC. The number of allylic oxidation sites excluding steroid dienone is 7. The number of methoxy groups -OCH3 is 1. The second kappa shape index (κ2) is 17.5. The maximum absolute atomic E-state index is 13.6. The lowest BCUT2D eigenvalue weighted by Crippen LogP contribution is -1.93. The van der Waals surface area contributed by atoms with E-state index in [1.54, 1.807) is 6.08 Å². The molecule has 0 bridgehead atoms. The van der Waals surface area contributed by atoms with Gasteiger partial charge in [-0.3, -0.25) is 0 Å². The second-order valence-corrected chi connectivity index (χ2v) is 5.02. The molecule has 0 radical (unpaired) electrons. The molecule has 0 aliphatic carbocycles. The van der Waals surface area contributed by atoms with Gasteiger partial charge >= 0.3 is 0 Å². The first-order chi connectivity index (χ1) is 11.2. The van der Waals surface area contributed by atoms with Gasteiger partial charge in [-0.2, -0.15) is 4.39 Å². The standard InChI is InChI=1S/C15H18F2O.2C3H8/c1-7-10(2)8-9-11(3)12(4)14(16)15(17)13(5)18-6;2*1-3-2/h8-9H,2-5,7H2,1,6H3;2*3H2,1-2H3/b9-8-,15-14-;;. The Hall–Kier alpha value is -1.90. The molecule has 0 rings (SSSR count). The highest BCUT2D eigenvalue weighted by molar-refractivity contribution is 5.49. The fourth-order valence-electron chi connectivity index (χ4n) is 0.922. The van der Waals surface area contributed by atoms with Crippen molar-refractivity contribution in [2.45, 2.75) is 53.9 Å². The lowest BCUT2D eigenvalue weighted by Gasteiger charge is -2.06. The zero-order chi connectivity index (χ0) is 19.7. The Bertz CT molecular complexity index is 466. The van der Waals surface area contributed by atoms with Crippen LogP contribution in [0.2, 0.25) is 0 Å². The molecular formula is C21H34F2O. The molecule has 0 amide bonds. The van der Waals surface area contributed by atoms with Crippen LogP contribution in [0.15, 0.2) is 72.6 Å². The molecule has 0 aliphatic heterocycles. The third-order valence-electron chi connectivity index (χ3n) is 2.31. The number of ether oxygens (including phenoxy) is 1. The minimum atomic E-state index is -1.17. The number of hydrogen-bond donors (Lipinski definition) is 0. The molecular weight excluding hydrogens is 306 g/mol. The van der Waals surface area contributed by atoms with Crippen molar-refractivity contribution >= 4 is 0 Å². The van der Waals surface area contributed by atoms with Crippen molar-refractivity contribution < 1.29 is 13.5 Å². The smallest absolute Gasteiger partial charge is 0.200 e. The normalized spacial score (nSPS) is 10.5. The summed E-state index contributed by atoms with van der Waals surface area (Å²) in [5, 5.41) is 0. The molecule has 0 aromatic rings. The van der Waals surface area contributed by atoms with E-state index in [1.807, 2.05) is 6.92 Å². The van der Waals surface area contributed by atoms with Gasteiger partial charge in [-0.25, -0.2) is 4.39 Å². The first-order valence-corrected chi connectivity index (χ1v) is 8.20. The van der Waals surface area contributed by atoms with E-state index in [9.17, 15) is 8.78 Å². The molecule has 3 heteroatoms. The van der Waals surface area contributed by atoms with Crippen LogP contribution in [-0.2, 0) is 4.74 Å². The first kappa shape index (κ1) is 27.0. The lowest BCUT2D eigenvalue weighted by molar-refractivity contribution is 0.281. The predicted molar refractivity (Wildman–Crippen MR) is 104 cm³/mol. The van der Waals surface area contributed by atoms with E-state index < -0.39 is 11.7 Å². The van der Waals surface area contributed by atoms with Crippen molar-refractivity contribution in [3.63, 3.8) is 0 Å². The minimum Gasteiger partial charge on any atom is -0.494 e. The zero-order valence-corrected chi connectivity index (χ0v) is 16.3. The molecule has 0 aromatic heterocycles. The van der Waals surface area contributed by atoms with Gasteiger partial charge in [0.25, 0.3) is 0 Å². The van der Waals surface area contributed by atoms with Crippen LogP contribution in [0, 0.1) is 0 Å². The highest BCUT2D eigenvalue weighted by Gasteiger charge is 2.14. The summed E-state index contributed by atoms with van der Waals surface area (Å²) in [6.45, 7) is 24.5. The highest BCUT2D eigenvalue weighted by Crippen LogP contribution is 2.26. The predicted octanol–water partition coefficient (Wildman–Crippen LogP) is 7.76. The molecule has 138 valence electrons. The molecule has 0 spiro atoms. The number of rotatable bonds is 7. The van der Waals surface area contributed by atoms with Crippen LogP contribution in [0.5, 0.6) is 0 Å². The molecule has 0 N–H and O–H groups in total. The van der Waals surface area contributed by atoms with Gasteiger partial charge in [-0.1, -0.05) is 91.5 Å². The maximum atomic E-state index is 13.6. The molecule has 0 saturated heterocycles. The molecule has 0 atom stereocenters. The maximum Gasteiger partial charge on any atom is 0.200 e. The number of hydrogen-bond acceptors (Lipinski definition) is 1. The van der Waals surface area contributed by atoms with E-state index in [0.717, 1.165) is 12.0 Å². The average molecular weight is 340 g/mol. The zero-order valence-electron chi connectivity index (χ0n) is 16.3. The molecule has 0 heterocycles. The molecule has 0 fully saturated rings. The van der Waals surface area contributed by atoms with E-state index in [-0.39, 0.29) is 16.9 Å². The Labute approximate surface area is 147 Å². The van der Waals surface area contributed by atoms with Crippen LogP contribution >= 0.6 is 0 Å². The summed E-state index contributed by atoms with van der Waals surface area (Å²) >= 11 is 0. The highest BCUT2D eigenvalue weighted by atomic mass is 19.2. The van der Waals surface area contributed by atoms with E-state index in [0.29, 0.717) is 0 Å². The van der Waals surface area contributed by atoms with Gasteiger partial charge in [-0.05, 0) is 12.0 Å². The summed E-state index contributed by atoms with van der Waals surface area (Å²) in [6.07, 6.45) is 6.49. The number of halogens is 2. The first-order valence-electron chi connectivity index (χ1n) is 8.20. The van der Waals surface area contributed by atoms with Crippen molar-refractivity contribution in [2.75, 3.05) is 7.11 Å². The Kier molecular flexibility index (Phi) is 19.6. The average Bonchev–Trinajstić information content (AvgIpc) is 2.57. The Morgan fingerprint density at radius 3 is 1.58 bits per heavy atom. The fourth-order valence-corrected chi connectivity index (χ4v) is 0.922. The van der Waals surface area contributed by atoms with Gasteiger partial charge in [0.1, 0.15) is 5.76 Å². The van der Waals surface area contributed by atoms with Crippen LogP contribution in [-0.4, -0.2) is 7.11 Å². The summed E-state index contributed by atoms with van der Waals surface area (Å²) in [4.78, 5) is 0. The summed E-state index contributed by atoms with van der Waals surface area (Å²) in [7, 11) is 1.21. The minimum absolute atomic E-state index is 0.147. The van der Waals surface area contributed by atoms with E-state index in [1.165, 1.54) is 26.0 Å². The van der Waals surface area contributed by atoms with Crippen molar-refractivity contribution in [3.8, 4) is 0 Å². The van der Waals surface area contributed by atoms with E-state index in [4.69, 9.17) is 0 Å². The van der Waals surface area contributed by atoms with Gasteiger partial charge in [0.15, 0.2) is 5.83 Å². The largest absolute Gasteiger partial charge is 0.494 e. The van der Waals surface area contributed by atoms with Crippen molar-refractivity contribution in [1.29, 1.82) is 0 Å². The van der Waals surface area contributed by atoms with Gasteiger partial charge in [0, 0.05) is 5.57 Å². The summed E-state index contributed by atoms with van der Waals surface area (Å²) in [5.41, 5.74) is 0.974. The van der Waals surface area contributed by atoms with E-state index >= 15 is 0 Å². The Morgan fingerprint density at radius 1 is 0.833 bits per heavy atom. The molecule has 0 aromatic carbocycles. The molecule has 0 saturated carbocycles. The Balaban J connectivity index is -0.000000635. The van der Waals surface area contributed by atoms with Crippen LogP contribution in [0.25, 0.3) is 0 Å². The lowest BCUT2D eigenvalue weighted by atomic mass is 10.1. The van der Waals surface area contributed by atoms with Gasteiger partial charge in [-0.15, -0.1) is 0 Å². The third-order valence-corrected chi connectivity index (χ3v) is 2.31. The molecule has 0 aliphatic rings. The molecule has 24 heavy (non-hydrogen) atoms. The van der Waals surface area contributed by atoms with Crippen molar-refractivity contribution in [3.05, 3.63) is 72.6 Å². The third kappa shape index (κ3) is 13.7. The monoisotopic (exact) mass is 340 g/mol. The molecule has 1 nitrogen and oxygen atoms in total. The van der Waals surface area contributed by atoms with Crippen LogP contribution in [0.4, 0.5) is 8.78 Å². The summed E-state index contributed by atoms with van der Waals surface area (Å²) in [6, 6.07) is 0. The quantitative estimate of drug-likeness (QED) is 0.340. The van der Waals surface area contributed by atoms with Gasteiger partial charge < -0.3 is 4.74 Å². The van der Waals surface area contributed by atoms with Gasteiger partial charge in [0.2, 0.25) is 5.83 Å². The summed E-state index contributed by atoms with van der Waals surface area (Å²) in [5.74, 6) is -2.69. The van der Waals surface area contributed by atoms with Crippen LogP contribution < -0.4 is 0 Å². The van der Waals surface area contributed by atoms with Crippen molar-refractivity contribution in [1.82, 2.24) is 0 Å². The van der Waals surface area contributed by atoms with Gasteiger partial charge in [0.05, 0.1) is 7.11 Å². The molecule has 0 unspecified atom stereocenters.